The number of nitrogens with zero attached hydrogens (tertiary/aromatic N) is 2. The molecular formula is C31H35F3N2O4. The van der Waals surface area contributed by atoms with Gasteiger partial charge in [-0.15, -0.1) is 0 Å². The van der Waals surface area contributed by atoms with E-state index < -0.39 is 23.3 Å². The lowest BCUT2D eigenvalue weighted by atomic mass is 10.0. The van der Waals surface area contributed by atoms with Gasteiger partial charge in [0.25, 0.3) is 0 Å². The molecule has 1 heterocycles. The first kappa shape index (κ1) is 29.4. The summed E-state index contributed by atoms with van der Waals surface area (Å²) in [5, 5.41) is 0. The molecule has 1 saturated carbocycles. The molecule has 0 spiro atoms. The average Bonchev–Trinajstić information content (AvgIpc) is 3.72. The van der Waals surface area contributed by atoms with Crippen molar-refractivity contribution in [2.75, 3.05) is 13.2 Å². The van der Waals surface area contributed by atoms with Crippen LogP contribution in [0.25, 0.3) is 11.4 Å². The zero-order valence-electron chi connectivity index (χ0n) is 23.3. The Morgan fingerprint density at radius 3 is 2.35 bits per heavy atom. The molecule has 3 aromatic rings. The predicted molar refractivity (Wildman–Crippen MR) is 145 cm³/mol. The number of rotatable bonds is 11. The number of ether oxygens (including phenoxy) is 3. The highest BCUT2D eigenvalue weighted by Crippen LogP contribution is 2.41. The summed E-state index contributed by atoms with van der Waals surface area (Å²) in [5.41, 5.74) is 2.28. The van der Waals surface area contributed by atoms with E-state index >= 15 is 0 Å². The summed E-state index contributed by atoms with van der Waals surface area (Å²) >= 11 is 0. The SMILES string of the molecule is Cc1cc(OCCCCc2cnc(-c3ccc(C(F)(F)F)cc3)nc2C2CC2)ccc1OCC(=O)OC(C)(C)C. The molecule has 0 saturated heterocycles. The van der Waals surface area contributed by atoms with E-state index in [0.717, 1.165) is 66.8 Å². The van der Waals surface area contributed by atoms with Crippen LogP contribution in [0.2, 0.25) is 0 Å². The summed E-state index contributed by atoms with van der Waals surface area (Å²) in [7, 11) is 0. The Bertz CT molecular complexity index is 1310. The molecule has 6 nitrogen and oxygen atoms in total. The topological polar surface area (TPSA) is 70.5 Å². The Balaban J connectivity index is 1.26. The van der Waals surface area contributed by atoms with Crippen LogP contribution in [0.5, 0.6) is 11.5 Å². The summed E-state index contributed by atoms with van der Waals surface area (Å²) in [5.74, 6) is 1.75. The molecule has 1 aliphatic rings. The normalized spacial score (nSPS) is 13.7. The summed E-state index contributed by atoms with van der Waals surface area (Å²) in [6.45, 7) is 7.71. The minimum atomic E-state index is -4.37. The summed E-state index contributed by atoms with van der Waals surface area (Å²) in [6, 6.07) is 10.5. The van der Waals surface area contributed by atoms with E-state index in [1.165, 1.54) is 12.1 Å². The fourth-order valence-corrected chi connectivity index (χ4v) is 4.26. The van der Waals surface area contributed by atoms with Crippen LogP contribution in [0, 0.1) is 6.92 Å². The van der Waals surface area contributed by atoms with E-state index in [0.29, 0.717) is 29.7 Å². The number of alkyl halides is 3. The first-order valence-electron chi connectivity index (χ1n) is 13.5. The van der Waals surface area contributed by atoms with E-state index in [4.69, 9.17) is 19.2 Å². The Labute approximate surface area is 232 Å². The second kappa shape index (κ2) is 12.3. The average molecular weight is 557 g/mol. The largest absolute Gasteiger partial charge is 0.494 e. The maximum Gasteiger partial charge on any atom is 0.416 e. The van der Waals surface area contributed by atoms with E-state index in [-0.39, 0.29) is 6.61 Å². The predicted octanol–water partition coefficient (Wildman–Crippen LogP) is 7.47. The van der Waals surface area contributed by atoms with Crippen LogP contribution in [0.3, 0.4) is 0 Å². The second-order valence-electron chi connectivity index (χ2n) is 11.1. The first-order valence-corrected chi connectivity index (χ1v) is 13.5. The highest BCUT2D eigenvalue weighted by atomic mass is 19.4. The number of hydrogen-bond acceptors (Lipinski definition) is 6. The number of carbonyl (C=O) groups excluding carboxylic acids is 1. The Kier molecular flexibility index (Phi) is 9.01. The Morgan fingerprint density at radius 2 is 1.73 bits per heavy atom. The Morgan fingerprint density at radius 1 is 1.00 bits per heavy atom. The summed E-state index contributed by atoms with van der Waals surface area (Å²) < 4.78 is 55.4. The van der Waals surface area contributed by atoms with Crippen LogP contribution >= 0.6 is 0 Å². The number of unbranched alkanes of at least 4 members (excludes halogenated alkanes) is 1. The molecule has 1 fully saturated rings. The molecule has 9 heteroatoms. The van der Waals surface area contributed by atoms with Crippen molar-refractivity contribution in [2.45, 2.75) is 77.5 Å². The van der Waals surface area contributed by atoms with Crippen molar-refractivity contribution in [3.05, 3.63) is 71.0 Å². The molecule has 214 valence electrons. The maximum atomic E-state index is 12.9. The van der Waals surface area contributed by atoms with Crippen LogP contribution in [0.15, 0.2) is 48.7 Å². The molecule has 4 rings (SSSR count). The third-order valence-corrected chi connectivity index (χ3v) is 6.35. The van der Waals surface area contributed by atoms with E-state index in [1.807, 2.05) is 46.0 Å². The molecule has 0 unspecified atom stereocenters. The molecule has 0 bridgehead atoms. The quantitative estimate of drug-likeness (QED) is 0.180. The van der Waals surface area contributed by atoms with Crippen molar-refractivity contribution in [2.24, 2.45) is 0 Å². The van der Waals surface area contributed by atoms with E-state index in [2.05, 4.69) is 4.98 Å². The van der Waals surface area contributed by atoms with Crippen molar-refractivity contribution in [1.82, 2.24) is 9.97 Å². The molecule has 0 radical (unpaired) electrons. The third-order valence-electron chi connectivity index (χ3n) is 6.35. The lowest BCUT2D eigenvalue weighted by Crippen LogP contribution is -2.27. The fourth-order valence-electron chi connectivity index (χ4n) is 4.26. The van der Waals surface area contributed by atoms with Gasteiger partial charge < -0.3 is 14.2 Å². The number of halogens is 3. The van der Waals surface area contributed by atoms with Gasteiger partial charge in [-0.25, -0.2) is 14.8 Å². The van der Waals surface area contributed by atoms with Crippen molar-refractivity contribution in [1.29, 1.82) is 0 Å². The van der Waals surface area contributed by atoms with Crippen molar-refractivity contribution in [3.8, 4) is 22.9 Å². The number of carbonyl (C=O) groups is 1. The highest BCUT2D eigenvalue weighted by molar-refractivity contribution is 5.71. The standard InChI is InChI=1S/C31H35F3N2O4/c1-20-17-25(14-15-26(20)39-19-27(37)40-30(2,3)4)38-16-6-5-7-23-18-35-29(36-28(23)21-8-9-21)22-10-12-24(13-11-22)31(32,33)34/h10-15,17-18,21H,5-9,16,19H2,1-4H3. The number of hydrogen-bond donors (Lipinski definition) is 0. The summed E-state index contributed by atoms with van der Waals surface area (Å²) in [4.78, 5) is 21.1. The lowest BCUT2D eigenvalue weighted by molar-refractivity contribution is -0.157. The van der Waals surface area contributed by atoms with Crippen LogP contribution in [-0.4, -0.2) is 34.8 Å². The zero-order valence-corrected chi connectivity index (χ0v) is 23.3. The van der Waals surface area contributed by atoms with Crippen molar-refractivity contribution in [3.63, 3.8) is 0 Å². The monoisotopic (exact) mass is 556 g/mol. The van der Waals surface area contributed by atoms with Crippen molar-refractivity contribution >= 4 is 5.97 Å². The van der Waals surface area contributed by atoms with Gasteiger partial charge in [0, 0.05) is 17.7 Å². The van der Waals surface area contributed by atoms with Gasteiger partial charge in [-0.2, -0.15) is 13.2 Å². The number of benzene rings is 2. The molecule has 1 aliphatic carbocycles. The van der Waals surface area contributed by atoms with Crippen molar-refractivity contribution < 1.29 is 32.2 Å². The molecule has 0 amide bonds. The van der Waals surface area contributed by atoms with Crippen LogP contribution in [0.4, 0.5) is 13.2 Å². The second-order valence-corrected chi connectivity index (χ2v) is 11.1. The number of aryl methyl sites for hydroxylation is 2. The third kappa shape index (κ3) is 8.44. The minimum absolute atomic E-state index is 0.157. The number of esters is 1. The van der Waals surface area contributed by atoms with Gasteiger partial charge in [0.2, 0.25) is 0 Å². The minimum Gasteiger partial charge on any atom is -0.494 e. The zero-order chi connectivity index (χ0) is 28.9. The molecule has 1 aromatic heterocycles. The summed E-state index contributed by atoms with van der Waals surface area (Å²) in [6.07, 6.45) is 2.10. The lowest BCUT2D eigenvalue weighted by Gasteiger charge is -2.19. The van der Waals surface area contributed by atoms with E-state index in [9.17, 15) is 18.0 Å². The van der Waals surface area contributed by atoms with Gasteiger partial charge in [0.15, 0.2) is 12.4 Å². The fraction of sp³-hybridized carbons (Fsp3) is 0.452. The molecule has 0 atom stereocenters. The van der Waals surface area contributed by atoms with Crippen LogP contribution < -0.4 is 9.47 Å². The van der Waals surface area contributed by atoms with Gasteiger partial charge in [0.05, 0.1) is 17.9 Å². The molecular weight excluding hydrogens is 521 g/mol. The van der Waals surface area contributed by atoms with E-state index in [1.54, 1.807) is 6.07 Å². The Hall–Kier alpha value is -3.62. The van der Waals surface area contributed by atoms with Crippen LogP contribution in [-0.2, 0) is 22.1 Å². The number of aromatic nitrogens is 2. The van der Waals surface area contributed by atoms with Crippen LogP contribution in [0.1, 0.15) is 74.8 Å². The van der Waals surface area contributed by atoms with Gasteiger partial charge in [-0.3, -0.25) is 0 Å². The molecule has 2 aromatic carbocycles. The van der Waals surface area contributed by atoms with Gasteiger partial charge >= 0.3 is 12.1 Å². The highest BCUT2D eigenvalue weighted by Gasteiger charge is 2.31. The van der Waals surface area contributed by atoms with Gasteiger partial charge in [-0.1, -0.05) is 12.1 Å². The molecule has 0 aliphatic heterocycles. The molecule has 40 heavy (non-hydrogen) atoms. The van der Waals surface area contributed by atoms with Gasteiger partial charge in [0.1, 0.15) is 17.1 Å². The smallest absolute Gasteiger partial charge is 0.416 e. The molecule has 0 N–H and O–H groups in total. The van der Waals surface area contributed by atoms with Gasteiger partial charge in [-0.05, 0) is 101 Å². The first-order chi connectivity index (χ1) is 18.9. The maximum absolute atomic E-state index is 12.9.